The Morgan fingerprint density at radius 3 is 2.58 bits per heavy atom. The van der Waals surface area contributed by atoms with E-state index >= 15 is 0 Å². The molecule has 5 nitrogen and oxygen atoms in total. The summed E-state index contributed by atoms with van der Waals surface area (Å²) in [6, 6.07) is 11.3. The minimum absolute atomic E-state index is 0.345. The minimum atomic E-state index is -1.22. The summed E-state index contributed by atoms with van der Waals surface area (Å²) in [5.74, 6) is -0.937. The number of pyridine rings is 1. The Morgan fingerprint density at radius 2 is 1.89 bits per heavy atom. The lowest BCUT2D eigenvalue weighted by molar-refractivity contribution is -0.141. The van der Waals surface area contributed by atoms with Crippen LogP contribution in [0.5, 0.6) is 0 Å². The van der Waals surface area contributed by atoms with Gasteiger partial charge in [0, 0.05) is 12.6 Å². The highest BCUT2D eigenvalue weighted by molar-refractivity contribution is 5.93. The molecule has 1 unspecified atom stereocenters. The molecule has 0 bridgehead atoms. The maximum atomic E-state index is 11.7. The van der Waals surface area contributed by atoms with Gasteiger partial charge in [-0.1, -0.05) is 30.3 Å². The molecule has 3 N–H and O–H groups in total. The standard InChI is InChI=1S/C14H13N3O2/c18-13(19)14(8-10-4-2-1-3-5-10)16-11-6-7-15-9-12(11)17-14/h1-7,9,16-17H,8H2,(H,18,19). The second kappa shape index (κ2) is 4.28. The Morgan fingerprint density at radius 1 is 1.16 bits per heavy atom. The molecule has 2 heterocycles. The van der Waals surface area contributed by atoms with E-state index in [1.54, 1.807) is 18.5 Å². The number of hydrogen-bond donors (Lipinski definition) is 3. The highest BCUT2D eigenvalue weighted by Gasteiger charge is 2.43. The van der Waals surface area contributed by atoms with E-state index in [0.717, 1.165) is 11.3 Å². The second-order valence-electron chi connectivity index (χ2n) is 4.54. The van der Waals surface area contributed by atoms with Crippen molar-refractivity contribution in [3.05, 3.63) is 54.4 Å². The van der Waals surface area contributed by atoms with Crippen molar-refractivity contribution in [2.45, 2.75) is 12.1 Å². The van der Waals surface area contributed by atoms with Crippen LogP contribution in [0.1, 0.15) is 5.56 Å². The number of nitrogens with one attached hydrogen (secondary N) is 2. The van der Waals surface area contributed by atoms with Gasteiger partial charge in [0.25, 0.3) is 0 Å². The molecule has 96 valence electrons. The van der Waals surface area contributed by atoms with Gasteiger partial charge in [-0.25, -0.2) is 4.79 Å². The van der Waals surface area contributed by atoms with Gasteiger partial charge in [-0.2, -0.15) is 0 Å². The van der Waals surface area contributed by atoms with Crippen LogP contribution in [-0.4, -0.2) is 21.7 Å². The molecule has 0 saturated carbocycles. The highest BCUT2D eigenvalue weighted by atomic mass is 16.4. The third-order valence-corrected chi connectivity index (χ3v) is 3.19. The summed E-state index contributed by atoms with van der Waals surface area (Å²) in [4.78, 5) is 15.6. The van der Waals surface area contributed by atoms with E-state index < -0.39 is 11.6 Å². The number of nitrogens with zero attached hydrogens (tertiary/aromatic N) is 1. The average Bonchev–Trinajstić information content (AvgIpc) is 2.79. The first-order valence-electron chi connectivity index (χ1n) is 5.97. The minimum Gasteiger partial charge on any atom is -0.478 e. The fraction of sp³-hybridized carbons (Fsp3) is 0.143. The molecular weight excluding hydrogens is 242 g/mol. The zero-order valence-corrected chi connectivity index (χ0v) is 10.1. The van der Waals surface area contributed by atoms with Crippen LogP contribution in [-0.2, 0) is 11.2 Å². The quantitative estimate of drug-likeness (QED) is 0.781. The summed E-state index contributed by atoms with van der Waals surface area (Å²) in [6.07, 6.45) is 3.60. The molecule has 0 fully saturated rings. The molecule has 0 amide bonds. The molecule has 19 heavy (non-hydrogen) atoms. The van der Waals surface area contributed by atoms with Crippen LogP contribution in [0.3, 0.4) is 0 Å². The zero-order valence-electron chi connectivity index (χ0n) is 10.1. The van der Waals surface area contributed by atoms with Crippen molar-refractivity contribution in [1.29, 1.82) is 0 Å². The Kier molecular flexibility index (Phi) is 2.59. The normalized spacial score (nSPS) is 20.2. The van der Waals surface area contributed by atoms with Crippen molar-refractivity contribution in [1.82, 2.24) is 4.98 Å². The Balaban J connectivity index is 1.93. The van der Waals surface area contributed by atoms with Crippen LogP contribution in [0.2, 0.25) is 0 Å². The van der Waals surface area contributed by atoms with E-state index in [0.29, 0.717) is 12.1 Å². The SMILES string of the molecule is O=C(O)C1(Cc2ccccc2)Nc2ccncc2N1. The van der Waals surface area contributed by atoms with Crippen LogP contribution in [0.15, 0.2) is 48.8 Å². The number of carbonyl (C=O) groups is 1. The van der Waals surface area contributed by atoms with Crippen molar-refractivity contribution >= 4 is 17.3 Å². The van der Waals surface area contributed by atoms with Gasteiger partial charge >= 0.3 is 5.97 Å². The molecule has 2 aromatic rings. The maximum Gasteiger partial charge on any atom is 0.350 e. The van der Waals surface area contributed by atoms with Gasteiger partial charge in [-0.05, 0) is 11.6 Å². The lowest BCUT2D eigenvalue weighted by Crippen LogP contribution is -2.51. The first-order valence-corrected chi connectivity index (χ1v) is 5.97. The van der Waals surface area contributed by atoms with Crippen molar-refractivity contribution in [3.8, 4) is 0 Å². The van der Waals surface area contributed by atoms with Crippen molar-refractivity contribution < 1.29 is 9.90 Å². The van der Waals surface area contributed by atoms with E-state index in [2.05, 4.69) is 15.6 Å². The largest absolute Gasteiger partial charge is 0.478 e. The molecule has 1 aromatic heterocycles. The van der Waals surface area contributed by atoms with Crippen molar-refractivity contribution in [2.24, 2.45) is 0 Å². The van der Waals surface area contributed by atoms with Crippen LogP contribution < -0.4 is 10.6 Å². The smallest absolute Gasteiger partial charge is 0.350 e. The molecule has 5 heteroatoms. The van der Waals surface area contributed by atoms with Gasteiger partial charge in [-0.15, -0.1) is 0 Å². The predicted molar refractivity (Wildman–Crippen MR) is 72.0 cm³/mol. The molecule has 1 aliphatic heterocycles. The fourth-order valence-electron chi connectivity index (χ4n) is 2.27. The van der Waals surface area contributed by atoms with Gasteiger partial charge < -0.3 is 15.7 Å². The van der Waals surface area contributed by atoms with Crippen molar-refractivity contribution in [2.75, 3.05) is 10.6 Å². The molecule has 1 aliphatic rings. The number of carboxylic acid groups (broad SMARTS) is 1. The summed E-state index contributed by atoms with van der Waals surface area (Å²) in [7, 11) is 0. The number of hydrogen-bond acceptors (Lipinski definition) is 4. The summed E-state index contributed by atoms with van der Waals surface area (Å²) in [5.41, 5.74) is 1.20. The monoisotopic (exact) mass is 255 g/mol. The first-order chi connectivity index (χ1) is 9.20. The Bertz CT molecular complexity index is 588. The summed E-state index contributed by atoms with van der Waals surface area (Å²) in [6.45, 7) is 0. The number of carboxylic acids is 1. The first kappa shape index (κ1) is 11.5. The number of aromatic nitrogens is 1. The summed E-state index contributed by atoms with van der Waals surface area (Å²) < 4.78 is 0. The van der Waals surface area contributed by atoms with Gasteiger partial charge in [0.05, 0.1) is 17.6 Å². The van der Waals surface area contributed by atoms with E-state index in [9.17, 15) is 9.90 Å². The summed E-state index contributed by atoms with van der Waals surface area (Å²) in [5, 5.41) is 15.6. The van der Waals surface area contributed by atoms with Crippen LogP contribution in [0.25, 0.3) is 0 Å². The predicted octanol–water partition coefficient (Wildman–Crippen LogP) is 1.94. The van der Waals surface area contributed by atoms with Gasteiger partial charge in [0.2, 0.25) is 5.66 Å². The topological polar surface area (TPSA) is 74.2 Å². The molecular formula is C14H13N3O2. The number of anilines is 2. The molecule has 1 atom stereocenters. The second-order valence-corrected chi connectivity index (χ2v) is 4.54. The van der Waals surface area contributed by atoms with E-state index in [4.69, 9.17) is 0 Å². The van der Waals surface area contributed by atoms with Gasteiger partial charge in [0.15, 0.2) is 0 Å². The number of benzene rings is 1. The molecule has 0 spiro atoms. The third kappa shape index (κ3) is 1.99. The Labute approximate surface area is 110 Å². The van der Waals surface area contributed by atoms with Gasteiger partial charge in [-0.3, -0.25) is 4.98 Å². The number of rotatable bonds is 3. The molecule has 3 rings (SSSR count). The number of aliphatic carboxylic acids is 1. The molecule has 0 aliphatic carbocycles. The fourth-order valence-corrected chi connectivity index (χ4v) is 2.27. The summed E-state index contributed by atoms with van der Waals surface area (Å²) >= 11 is 0. The lowest BCUT2D eigenvalue weighted by Gasteiger charge is -2.26. The van der Waals surface area contributed by atoms with Gasteiger partial charge in [0.1, 0.15) is 0 Å². The van der Waals surface area contributed by atoms with E-state index in [1.165, 1.54) is 0 Å². The molecule has 0 radical (unpaired) electrons. The molecule has 0 saturated heterocycles. The lowest BCUT2D eigenvalue weighted by atomic mass is 10.0. The molecule has 1 aromatic carbocycles. The van der Waals surface area contributed by atoms with E-state index in [1.807, 2.05) is 30.3 Å². The Hall–Kier alpha value is -2.56. The zero-order chi connectivity index (χ0) is 13.3. The van der Waals surface area contributed by atoms with Crippen LogP contribution in [0.4, 0.5) is 11.4 Å². The third-order valence-electron chi connectivity index (χ3n) is 3.19. The van der Waals surface area contributed by atoms with Crippen LogP contribution in [0, 0.1) is 0 Å². The highest BCUT2D eigenvalue weighted by Crippen LogP contribution is 2.34. The van der Waals surface area contributed by atoms with E-state index in [-0.39, 0.29) is 0 Å². The van der Waals surface area contributed by atoms with Crippen molar-refractivity contribution in [3.63, 3.8) is 0 Å². The van der Waals surface area contributed by atoms with Crippen LogP contribution >= 0.6 is 0 Å². The average molecular weight is 255 g/mol. The number of fused-ring (bicyclic) bond motifs is 1. The maximum absolute atomic E-state index is 11.7.